The lowest BCUT2D eigenvalue weighted by Gasteiger charge is -2.34. The molecule has 0 saturated carbocycles. The number of pyridine rings is 1. The van der Waals surface area contributed by atoms with Gasteiger partial charge in [0.05, 0.1) is 16.3 Å². The van der Waals surface area contributed by atoms with Crippen LogP contribution in [0.15, 0.2) is 103 Å². The van der Waals surface area contributed by atoms with E-state index in [4.69, 9.17) is 4.98 Å². The van der Waals surface area contributed by atoms with E-state index in [0.29, 0.717) is 38.3 Å². The average molecular weight is 574 g/mol. The Labute approximate surface area is 246 Å². The van der Waals surface area contributed by atoms with Crippen LogP contribution in [0.4, 0.5) is 5.69 Å². The number of carbonyl (C=O) groups excluding carboxylic acids is 1. The molecule has 0 N–H and O–H groups in total. The highest BCUT2D eigenvalue weighted by Gasteiger charge is 2.25. The second-order valence-corrected chi connectivity index (χ2v) is 11.5. The summed E-state index contributed by atoms with van der Waals surface area (Å²) in [6.45, 7) is 3.16. The largest absolute Gasteiger partial charge is 0.336 e. The third kappa shape index (κ3) is 4.93. The van der Waals surface area contributed by atoms with Gasteiger partial charge < -0.3 is 9.30 Å². The van der Waals surface area contributed by atoms with Gasteiger partial charge in [-0.25, -0.2) is 4.98 Å². The van der Waals surface area contributed by atoms with Crippen molar-refractivity contribution >= 4 is 38.7 Å². The minimum Gasteiger partial charge on any atom is -0.336 e. The lowest BCUT2D eigenvalue weighted by Crippen LogP contribution is -2.48. The van der Waals surface area contributed by atoms with Crippen LogP contribution in [0, 0.1) is 10.1 Å². The number of amides is 1. The molecule has 1 amide bonds. The number of benzene rings is 3. The van der Waals surface area contributed by atoms with Crippen LogP contribution in [0.5, 0.6) is 0 Å². The first-order valence-electron chi connectivity index (χ1n) is 13.8. The molecule has 1 aliphatic rings. The Morgan fingerprint density at radius 3 is 2.43 bits per heavy atom. The molecular weight excluding hydrogens is 546 g/mol. The number of nitro groups is 1. The van der Waals surface area contributed by atoms with Gasteiger partial charge in [0, 0.05) is 77.3 Å². The smallest absolute Gasteiger partial charge is 0.270 e. The number of imidazole rings is 1. The van der Waals surface area contributed by atoms with Gasteiger partial charge in [0.25, 0.3) is 11.6 Å². The van der Waals surface area contributed by atoms with Gasteiger partial charge in [-0.2, -0.15) is 0 Å². The van der Waals surface area contributed by atoms with Crippen molar-refractivity contribution in [1.29, 1.82) is 0 Å². The van der Waals surface area contributed by atoms with Crippen LogP contribution in [0.25, 0.3) is 37.4 Å². The number of hydrogen-bond donors (Lipinski definition) is 0. The Bertz CT molecular complexity index is 1910. The van der Waals surface area contributed by atoms with E-state index < -0.39 is 4.92 Å². The molecule has 1 fully saturated rings. The zero-order valence-electron chi connectivity index (χ0n) is 22.7. The number of hydrogen-bond acceptors (Lipinski definition) is 6. The second kappa shape index (κ2) is 10.8. The van der Waals surface area contributed by atoms with Crippen molar-refractivity contribution in [1.82, 2.24) is 19.2 Å². The summed E-state index contributed by atoms with van der Waals surface area (Å²) in [5.41, 5.74) is 5.45. The molecule has 4 heterocycles. The normalized spacial score (nSPS) is 14.0. The first-order valence-corrected chi connectivity index (χ1v) is 14.7. The van der Waals surface area contributed by atoms with Crippen LogP contribution >= 0.6 is 11.3 Å². The minimum absolute atomic E-state index is 0.0736. The number of piperazine rings is 1. The zero-order chi connectivity index (χ0) is 28.6. The van der Waals surface area contributed by atoms with Crippen molar-refractivity contribution in [3.8, 4) is 21.7 Å². The summed E-state index contributed by atoms with van der Waals surface area (Å²) in [5, 5.41) is 12.4. The van der Waals surface area contributed by atoms with E-state index in [1.165, 1.54) is 27.1 Å². The molecule has 1 saturated heterocycles. The molecule has 9 heteroatoms. The number of aromatic nitrogens is 2. The first kappa shape index (κ1) is 26.1. The summed E-state index contributed by atoms with van der Waals surface area (Å²) in [5.74, 6) is -0.175. The maximum absolute atomic E-state index is 13.1. The summed E-state index contributed by atoms with van der Waals surface area (Å²) in [7, 11) is 0. The maximum Gasteiger partial charge on any atom is 0.270 e. The van der Waals surface area contributed by atoms with E-state index in [1.54, 1.807) is 28.4 Å². The summed E-state index contributed by atoms with van der Waals surface area (Å²) in [6.07, 6.45) is 2.19. The van der Waals surface area contributed by atoms with Crippen molar-refractivity contribution in [2.75, 3.05) is 26.2 Å². The number of carbonyl (C=O) groups is 1. The molecule has 208 valence electrons. The van der Waals surface area contributed by atoms with Crippen molar-refractivity contribution in [2.24, 2.45) is 0 Å². The van der Waals surface area contributed by atoms with E-state index >= 15 is 0 Å². The zero-order valence-corrected chi connectivity index (χ0v) is 23.5. The fourth-order valence-electron chi connectivity index (χ4n) is 5.60. The topological polar surface area (TPSA) is 84.0 Å². The van der Waals surface area contributed by atoms with Crippen LogP contribution in [0.3, 0.4) is 0 Å². The van der Waals surface area contributed by atoms with Crippen LogP contribution < -0.4 is 0 Å². The third-order valence-corrected chi connectivity index (χ3v) is 8.98. The molecule has 1 aliphatic heterocycles. The van der Waals surface area contributed by atoms with Crippen molar-refractivity contribution in [3.63, 3.8) is 0 Å². The Hall–Kier alpha value is -4.86. The van der Waals surface area contributed by atoms with E-state index in [1.807, 2.05) is 18.2 Å². The fourth-order valence-corrected chi connectivity index (χ4v) is 6.65. The molecule has 42 heavy (non-hydrogen) atoms. The molecule has 0 bridgehead atoms. The number of thiophene rings is 1. The molecule has 0 spiro atoms. The Balaban J connectivity index is 1.17. The van der Waals surface area contributed by atoms with Crippen LogP contribution in [-0.4, -0.2) is 56.2 Å². The molecule has 7 rings (SSSR count). The molecular formula is C33H27N5O3S. The van der Waals surface area contributed by atoms with Gasteiger partial charge in [0.2, 0.25) is 0 Å². The van der Waals surface area contributed by atoms with Crippen molar-refractivity contribution in [3.05, 3.63) is 125 Å². The van der Waals surface area contributed by atoms with E-state index in [2.05, 4.69) is 70.1 Å². The van der Waals surface area contributed by atoms with E-state index in [0.717, 1.165) is 28.2 Å². The fraction of sp³-hybridized carbons (Fsp3) is 0.152. The van der Waals surface area contributed by atoms with Gasteiger partial charge in [-0.3, -0.25) is 19.8 Å². The summed E-state index contributed by atoms with van der Waals surface area (Å²) in [6, 6.07) is 31.1. The molecule has 0 radical (unpaired) electrons. The number of nitrogens with zero attached hydrogens (tertiary/aromatic N) is 5. The van der Waals surface area contributed by atoms with Gasteiger partial charge in [0.1, 0.15) is 5.65 Å². The second-order valence-electron chi connectivity index (χ2n) is 10.4. The highest BCUT2D eigenvalue weighted by atomic mass is 32.1. The van der Waals surface area contributed by atoms with Crippen molar-refractivity contribution in [2.45, 2.75) is 6.54 Å². The minimum atomic E-state index is -0.471. The van der Waals surface area contributed by atoms with Gasteiger partial charge in [-0.15, -0.1) is 11.3 Å². The number of fused-ring (bicyclic) bond motifs is 2. The Kier molecular flexibility index (Phi) is 6.73. The lowest BCUT2D eigenvalue weighted by molar-refractivity contribution is -0.384. The SMILES string of the molecule is O=C(c1cccc([N+](=O)[O-])c1)N1CCN(Cc2c(-c3ccccc3)nc3ccc(-c4cc5ccccc5s4)cn23)CC1. The Morgan fingerprint density at radius 2 is 1.64 bits per heavy atom. The molecule has 3 aromatic carbocycles. The van der Waals surface area contributed by atoms with Crippen molar-refractivity contribution < 1.29 is 9.72 Å². The first-order chi connectivity index (χ1) is 20.5. The molecule has 8 nitrogen and oxygen atoms in total. The highest BCUT2D eigenvalue weighted by Crippen LogP contribution is 2.35. The maximum atomic E-state index is 13.1. The lowest BCUT2D eigenvalue weighted by atomic mass is 10.1. The molecule has 3 aromatic heterocycles. The summed E-state index contributed by atoms with van der Waals surface area (Å²) in [4.78, 5) is 34.2. The predicted molar refractivity (Wildman–Crippen MR) is 166 cm³/mol. The molecule has 0 aliphatic carbocycles. The van der Waals surface area contributed by atoms with Crippen LogP contribution in [0.1, 0.15) is 16.1 Å². The van der Waals surface area contributed by atoms with Gasteiger partial charge in [-0.05, 0) is 35.7 Å². The van der Waals surface area contributed by atoms with Gasteiger partial charge in [-0.1, -0.05) is 54.6 Å². The Morgan fingerprint density at radius 1 is 0.857 bits per heavy atom. The highest BCUT2D eigenvalue weighted by molar-refractivity contribution is 7.22. The molecule has 6 aromatic rings. The van der Waals surface area contributed by atoms with Crippen LogP contribution in [0.2, 0.25) is 0 Å². The quantitative estimate of drug-likeness (QED) is 0.163. The number of rotatable bonds is 6. The van der Waals surface area contributed by atoms with Gasteiger partial charge >= 0.3 is 0 Å². The standard InChI is InChI=1S/C33H27N5O3S/c39-33(25-10-6-11-27(19-25)38(40)41)36-17-15-35(16-18-36)22-28-32(23-7-2-1-3-8-23)34-31-14-13-26(21-37(28)31)30-20-24-9-4-5-12-29(24)42-30/h1-14,19-21H,15-18,22H2. The summed E-state index contributed by atoms with van der Waals surface area (Å²) >= 11 is 1.79. The number of nitro benzene ring substituents is 1. The monoisotopic (exact) mass is 573 g/mol. The van der Waals surface area contributed by atoms with E-state index in [-0.39, 0.29) is 11.6 Å². The average Bonchev–Trinajstić information content (AvgIpc) is 3.63. The molecule has 0 unspecified atom stereocenters. The third-order valence-electron chi connectivity index (χ3n) is 7.81. The predicted octanol–water partition coefficient (Wildman–Crippen LogP) is 6.75. The van der Waals surface area contributed by atoms with E-state index in [9.17, 15) is 14.9 Å². The summed E-state index contributed by atoms with van der Waals surface area (Å²) < 4.78 is 3.48. The molecule has 0 atom stereocenters. The van der Waals surface area contributed by atoms with Gasteiger partial charge in [0.15, 0.2) is 0 Å². The number of non-ortho nitro benzene ring substituents is 1. The van der Waals surface area contributed by atoms with Crippen LogP contribution in [-0.2, 0) is 6.54 Å².